The molecule has 2 heteroatoms. The summed E-state index contributed by atoms with van der Waals surface area (Å²) in [5.41, 5.74) is 3.33. The van der Waals surface area contributed by atoms with E-state index in [1.54, 1.807) is 6.08 Å². The average molecular weight is 380 g/mol. The molecule has 0 aromatic heterocycles. The van der Waals surface area contributed by atoms with Crippen LogP contribution in [0.5, 0.6) is 0 Å². The highest BCUT2D eigenvalue weighted by atomic mass is 16.5. The Morgan fingerprint density at radius 2 is 1.41 bits per heavy atom. The first kappa shape index (κ1) is 18.9. The molecule has 0 radical (unpaired) electrons. The Bertz CT molecular complexity index is 1190. The standard InChI is InChI=1S/C27H24O2/c1-2-29-27(28)19-26(25-16-15-22-8-4-6-10-24(22)18-25)14-12-20-11-13-21-7-3-5-9-23(21)17-20/h3-11,13,15-19H,2,12,14H2,1H3/b26-19-. The first-order valence-electron chi connectivity index (χ1n) is 10.1. The van der Waals surface area contributed by atoms with Crippen LogP contribution in [0.1, 0.15) is 24.5 Å². The van der Waals surface area contributed by atoms with Crippen LogP contribution in [0.2, 0.25) is 0 Å². The molecular formula is C27H24O2. The summed E-state index contributed by atoms with van der Waals surface area (Å²) in [6, 6.07) is 29.6. The third-order valence-electron chi connectivity index (χ3n) is 5.20. The first-order valence-corrected chi connectivity index (χ1v) is 10.1. The van der Waals surface area contributed by atoms with Crippen molar-refractivity contribution in [2.75, 3.05) is 6.61 Å². The number of carbonyl (C=O) groups excluding carboxylic acids is 1. The summed E-state index contributed by atoms with van der Waals surface area (Å²) in [5, 5.41) is 4.85. The summed E-state index contributed by atoms with van der Waals surface area (Å²) in [6.45, 7) is 2.21. The number of hydrogen-bond acceptors (Lipinski definition) is 2. The summed E-state index contributed by atoms with van der Waals surface area (Å²) in [4.78, 5) is 12.2. The quantitative estimate of drug-likeness (QED) is 0.279. The molecule has 0 atom stereocenters. The minimum atomic E-state index is -0.283. The summed E-state index contributed by atoms with van der Waals surface area (Å²) in [7, 11) is 0. The molecule has 0 spiro atoms. The lowest BCUT2D eigenvalue weighted by atomic mass is 9.95. The Hall–Kier alpha value is -3.39. The molecule has 29 heavy (non-hydrogen) atoms. The van der Waals surface area contributed by atoms with Crippen LogP contribution in [-0.4, -0.2) is 12.6 Å². The fourth-order valence-corrected chi connectivity index (χ4v) is 3.69. The molecule has 0 aliphatic carbocycles. The van der Waals surface area contributed by atoms with Gasteiger partial charge in [0.05, 0.1) is 6.61 Å². The van der Waals surface area contributed by atoms with Crippen molar-refractivity contribution in [2.45, 2.75) is 19.8 Å². The highest BCUT2D eigenvalue weighted by Crippen LogP contribution is 2.26. The molecule has 0 bridgehead atoms. The molecule has 0 amide bonds. The zero-order valence-corrected chi connectivity index (χ0v) is 16.6. The maximum Gasteiger partial charge on any atom is 0.331 e. The van der Waals surface area contributed by atoms with E-state index in [2.05, 4.69) is 72.8 Å². The Labute approximate surface area is 171 Å². The Morgan fingerprint density at radius 3 is 2.10 bits per heavy atom. The molecule has 0 aliphatic rings. The predicted molar refractivity (Wildman–Crippen MR) is 121 cm³/mol. The van der Waals surface area contributed by atoms with Crippen molar-refractivity contribution in [3.05, 3.63) is 102 Å². The molecule has 0 heterocycles. The van der Waals surface area contributed by atoms with Gasteiger partial charge in [0.15, 0.2) is 0 Å². The van der Waals surface area contributed by atoms with Crippen molar-refractivity contribution >= 4 is 33.1 Å². The number of allylic oxidation sites excluding steroid dienone is 1. The second-order valence-electron chi connectivity index (χ2n) is 7.17. The number of aryl methyl sites for hydroxylation is 1. The minimum absolute atomic E-state index is 0.283. The number of ether oxygens (including phenoxy) is 1. The molecule has 0 N–H and O–H groups in total. The third-order valence-corrected chi connectivity index (χ3v) is 5.20. The molecule has 0 saturated carbocycles. The van der Waals surface area contributed by atoms with Gasteiger partial charge in [0.25, 0.3) is 0 Å². The highest BCUT2D eigenvalue weighted by molar-refractivity contribution is 5.94. The number of hydrogen-bond donors (Lipinski definition) is 0. The van der Waals surface area contributed by atoms with Gasteiger partial charge in [-0.15, -0.1) is 0 Å². The zero-order chi connectivity index (χ0) is 20.1. The molecule has 2 nitrogen and oxygen atoms in total. The van der Waals surface area contributed by atoms with Crippen molar-refractivity contribution < 1.29 is 9.53 Å². The van der Waals surface area contributed by atoms with Gasteiger partial charge in [-0.2, -0.15) is 0 Å². The van der Waals surface area contributed by atoms with Crippen LogP contribution < -0.4 is 0 Å². The van der Waals surface area contributed by atoms with Gasteiger partial charge in [-0.3, -0.25) is 0 Å². The van der Waals surface area contributed by atoms with Gasteiger partial charge >= 0.3 is 5.97 Å². The average Bonchev–Trinajstić information content (AvgIpc) is 2.76. The third kappa shape index (κ3) is 4.55. The Balaban J connectivity index is 1.63. The lowest BCUT2D eigenvalue weighted by Crippen LogP contribution is -2.02. The van der Waals surface area contributed by atoms with Crippen LogP contribution in [0.15, 0.2) is 91.0 Å². The number of fused-ring (bicyclic) bond motifs is 2. The molecule has 144 valence electrons. The van der Waals surface area contributed by atoms with Crippen molar-refractivity contribution in [3.63, 3.8) is 0 Å². The molecule has 0 aliphatic heterocycles. The van der Waals surface area contributed by atoms with Gasteiger partial charge in [0, 0.05) is 6.08 Å². The van der Waals surface area contributed by atoms with E-state index in [1.807, 2.05) is 19.1 Å². The fourth-order valence-electron chi connectivity index (χ4n) is 3.69. The van der Waals surface area contributed by atoms with E-state index in [0.29, 0.717) is 6.61 Å². The molecule has 0 saturated heterocycles. The SMILES string of the molecule is CCOC(=O)/C=C(/CCc1ccc2ccccc2c1)c1ccc2ccccc2c1. The van der Waals surface area contributed by atoms with E-state index in [4.69, 9.17) is 4.74 Å². The molecule has 0 fully saturated rings. The van der Waals surface area contributed by atoms with Gasteiger partial charge in [0.1, 0.15) is 0 Å². The topological polar surface area (TPSA) is 26.3 Å². The zero-order valence-electron chi connectivity index (χ0n) is 16.6. The van der Waals surface area contributed by atoms with Gasteiger partial charge in [-0.1, -0.05) is 78.9 Å². The molecule has 4 aromatic carbocycles. The molecule has 4 aromatic rings. The van der Waals surface area contributed by atoms with Crippen molar-refractivity contribution in [1.29, 1.82) is 0 Å². The van der Waals surface area contributed by atoms with Crippen LogP contribution in [0.4, 0.5) is 0 Å². The summed E-state index contributed by atoms with van der Waals surface area (Å²) in [5.74, 6) is -0.283. The Morgan fingerprint density at radius 1 is 0.793 bits per heavy atom. The van der Waals surface area contributed by atoms with Crippen LogP contribution in [0, 0.1) is 0 Å². The lowest BCUT2D eigenvalue weighted by molar-refractivity contribution is -0.137. The lowest BCUT2D eigenvalue weighted by Gasteiger charge is -2.11. The maximum absolute atomic E-state index is 12.2. The van der Waals surface area contributed by atoms with E-state index in [0.717, 1.165) is 24.0 Å². The molecule has 4 rings (SSSR count). The molecule has 0 unspecified atom stereocenters. The van der Waals surface area contributed by atoms with Gasteiger partial charge in [-0.25, -0.2) is 4.79 Å². The summed E-state index contributed by atoms with van der Waals surface area (Å²) < 4.78 is 5.18. The van der Waals surface area contributed by atoms with E-state index in [9.17, 15) is 4.79 Å². The number of rotatable bonds is 6. The second kappa shape index (κ2) is 8.74. The van der Waals surface area contributed by atoms with Gasteiger partial charge < -0.3 is 4.74 Å². The van der Waals surface area contributed by atoms with Crippen molar-refractivity contribution in [3.8, 4) is 0 Å². The largest absolute Gasteiger partial charge is 0.463 e. The van der Waals surface area contributed by atoms with E-state index < -0.39 is 0 Å². The second-order valence-corrected chi connectivity index (χ2v) is 7.17. The first-order chi connectivity index (χ1) is 14.2. The molecular weight excluding hydrogens is 356 g/mol. The predicted octanol–water partition coefficient (Wildman–Crippen LogP) is 6.57. The van der Waals surface area contributed by atoms with Gasteiger partial charge in [0.2, 0.25) is 0 Å². The minimum Gasteiger partial charge on any atom is -0.463 e. The monoisotopic (exact) mass is 380 g/mol. The van der Waals surface area contributed by atoms with E-state index >= 15 is 0 Å². The number of carbonyl (C=O) groups is 1. The van der Waals surface area contributed by atoms with Crippen molar-refractivity contribution in [1.82, 2.24) is 0 Å². The van der Waals surface area contributed by atoms with Gasteiger partial charge in [-0.05, 0) is 64.1 Å². The normalized spacial score (nSPS) is 11.7. The number of benzene rings is 4. The van der Waals surface area contributed by atoms with Crippen LogP contribution in [-0.2, 0) is 16.0 Å². The van der Waals surface area contributed by atoms with E-state index in [1.165, 1.54) is 27.1 Å². The summed E-state index contributed by atoms with van der Waals surface area (Å²) in [6.07, 6.45) is 3.28. The van der Waals surface area contributed by atoms with E-state index in [-0.39, 0.29) is 5.97 Å². The fraction of sp³-hybridized carbons (Fsp3) is 0.148. The smallest absolute Gasteiger partial charge is 0.331 e. The maximum atomic E-state index is 12.2. The van der Waals surface area contributed by atoms with Crippen LogP contribution in [0.25, 0.3) is 27.1 Å². The van der Waals surface area contributed by atoms with Crippen LogP contribution in [0.3, 0.4) is 0 Å². The summed E-state index contributed by atoms with van der Waals surface area (Å²) >= 11 is 0. The Kier molecular flexibility index (Phi) is 5.71. The highest BCUT2D eigenvalue weighted by Gasteiger charge is 2.08. The van der Waals surface area contributed by atoms with Crippen LogP contribution >= 0.6 is 0 Å². The van der Waals surface area contributed by atoms with Crippen molar-refractivity contribution in [2.24, 2.45) is 0 Å². The number of esters is 1.